The number of terminal acetylenes is 1. The lowest BCUT2D eigenvalue weighted by Gasteiger charge is -2.35. The number of unbranched alkanes of at least 4 members (excludes halogenated alkanes) is 2. The van der Waals surface area contributed by atoms with Crippen LogP contribution in [0.4, 0.5) is 4.79 Å². The highest BCUT2D eigenvalue weighted by atomic mass is 16.6. The van der Waals surface area contributed by atoms with Gasteiger partial charge in [-0.3, -0.25) is 9.59 Å². The van der Waals surface area contributed by atoms with Crippen molar-refractivity contribution >= 4 is 23.9 Å². The van der Waals surface area contributed by atoms with Gasteiger partial charge in [0, 0.05) is 18.5 Å². The first-order valence-corrected chi connectivity index (χ1v) is 15.6. The molecule has 3 atom stereocenters. The molecule has 3 N–H and O–H groups in total. The van der Waals surface area contributed by atoms with Crippen LogP contribution in [0.5, 0.6) is 0 Å². The zero-order chi connectivity index (χ0) is 34.5. The Labute approximate surface area is 273 Å². The average Bonchev–Trinajstić information content (AvgIpc) is 2.97. The topological polar surface area (TPSA) is 134 Å². The minimum absolute atomic E-state index is 0.103. The Morgan fingerprint density at radius 1 is 0.870 bits per heavy atom. The van der Waals surface area contributed by atoms with Crippen molar-refractivity contribution < 1.29 is 33.8 Å². The fourth-order valence-electron chi connectivity index (χ4n) is 4.72. The number of aliphatic hydroxyl groups excluding tert-OH is 1. The number of nitrogens with one attached hydrogen (secondary N) is 2. The van der Waals surface area contributed by atoms with Crippen LogP contribution >= 0.6 is 0 Å². The number of amides is 3. The lowest BCUT2D eigenvalue weighted by atomic mass is 9.96. The molecule has 2 aromatic rings. The average molecular weight is 636 g/mol. The van der Waals surface area contributed by atoms with E-state index in [4.69, 9.17) is 15.9 Å². The highest BCUT2D eigenvalue weighted by molar-refractivity contribution is 5.94. The number of rotatable bonds is 14. The lowest BCUT2D eigenvalue weighted by molar-refractivity contribution is -0.159. The second-order valence-electron chi connectivity index (χ2n) is 13.0. The lowest BCUT2D eigenvalue weighted by Crippen LogP contribution is -2.56. The van der Waals surface area contributed by atoms with E-state index >= 15 is 0 Å². The molecule has 0 aliphatic rings. The molecule has 10 heteroatoms. The van der Waals surface area contributed by atoms with Crippen molar-refractivity contribution in [1.29, 1.82) is 0 Å². The standard InChI is InChI=1S/C36H49N3O7/c1-9-11-17-22-39(32(42)29(24-40)38-34(44)46-36(6,7)8)30(27-21-16-15-20-26(27)10-2)31(41)37-28(33(43)45-35(3,4)5)23-25-18-13-12-14-19-25/h2,12-16,18-21,28-30,40H,9,11,17,22-24H2,1,3-8H3,(H,37,41)(H,38,44). The molecule has 0 aliphatic carbocycles. The van der Waals surface area contributed by atoms with Crippen molar-refractivity contribution in [3.05, 3.63) is 71.3 Å². The molecule has 0 aliphatic heterocycles. The summed E-state index contributed by atoms with van der Waals surface area (Å²) in [4.78, 5) is 56.0. The third-order valence-corrected chi connectivity index (χ3v) is 6.72. The van der Waals surface area contributed by atoms with E-state index in [1.807, 2.05) is 37.3 Å². The molecule has 10 nitrogen and oxygen atoms in total. The van der Waals surface area contributed by atoms with Gasteiger partial charge in [0.25, 0.3) is 0 Å². The molecule has 0 radical (unpaired) electrons. The van der Waals surface area contributed by atoms with Crippen LogP contribution in [0.3, 0.4) is 0 Å². The first-order chi connectivity index (χ1) is 21.6. The number of hydrogen-bond acceptors (Lipinski definition) is 7. The van der Waals surface area contributed by atoms with Crippen molar-refractivity contribution in [3.8, 4) is 12.3 Å². The van der Waals surface area contributed by atoms with Crippen LogP contribution < -0.4 is 10.6 Å². The van der Waals surface area contributed by atoms with Crippen molar-refractivity contribution in [3.63, 3.8) is 0 Å². The van der Waals surface area contributed by atoms with E-state index in [-0.39, 0.29) is 13.0 Å². The van der Waals surface area contributed by atoms with Crippen LogP contribution in [0.25, 0.3) is 0 Å². The van der Waals surface area contributed by atoms with Crippen molar-refractivity contribution in [1.82, 2.24) is 15.5 Å². The fraction of sp³-hybridized carbons (Fsp3) is 0.500. The Bertz CT molecular complexity index is 1360. The molecule has 0 fully saturated rings. The third kappa shape index (κ3) is 12.2. The summed E-state index contributed by atoms with van der Waals surface area (Å²) >= 11 is 0. The molecule has 250 valence electrons. The number of ether oxygens (including phenoxy) is 2. The zero-order valence-corrected chi connectivity index (χ0v) is 28.1. The van der Waals surface area contributed by atoms with Gasteiger partial charge in [-0.1, -0.05) is 74.2 Å². The molecule has 46 heavy (non-hydrogen) atoms. The maximum atomic E-state index is 14.4. The molecule has 0 spiro atoms. The van der Waals surface area contributed by atoms with E-state index in [0.29, 0.717) is 17.5 Å². The van der Waals surface area contributed by atoms with Gasteiger partial charge in [0.15, 0.2) is 0 Å². The second kappa shape index (κ2) is 17.4. The summed E-state index contributed by atoms with van der Waals surface area (Å²) in [5.74, 6) is 0.563. The number of aliphatic hydroxyl groups is 1. The van der Waals surface area contributed by atoms with Crippen LogP contribution in [-0.4, -0.2) is 70.3 Å². The number of benzene rings is 2. The summed E-state index contributed by atoms with van der Waals surface area (Å²) in [5, 5.41) is 15.5. The summed E-state index contributed by atoms with van der Waals surface area (Å²) in [6.07, 6.45) is 7.18. The van der Waals surface area contributed by atoms with E-state index < -0.39 is 59.8 Å². The Morgan fingerprint density at radius 3 is 2.04 bits per heavy atom. The van der Waals surface area contributed by atoms with Crippen molar-refractivity contribution in [2.75, 3.05) is 13.2 Å². The van der Waals surface area contributed by atoms with Gasteiger partial charge in [-0.2, -0.15) is 0 Å². The van der Waals surface area contributed by atoms with Gasteiger partial charge in [-0.05, 0) is 65.2 Å². The maximum Gasteiger partial charge on any atom is 0.408 e. The van der Waals surface area contributed by atoms with Crippen LogP contribution in [-0.2, 0) is 30.3 Å². The van der Waals surface area contributed by atoms with E-state index in [1.54, 1.807) is 65.8 Å². The number of carbonyl (C=O) groups is 4. The van der Waals surface area contributed by atoms with Gasteiger partial charge in [-0.15, -0.1) is 6.42 Å². The van der Waals surface area contributed by atoms with E-state index in [0.717, 1.165) is 18.4 Å². The monoisotopic (exact) mass is 635 g/mol. The number of nitrogens with zero attached hydrogens (tertiary/aromatic N) is 1. The number of alkyl carbamates (subject to hydrolysis) is 1. The quantitative estimate of drug-likeness (QED) is 0.156. The predicted octanol–water partition coefficient (Wildman–Crippen LogP) is 4.68. The van der Waals surface area contributed by atoms with E-state index in [1.165, 1.54) is 4.90 Å². The SMILES string of the molecule is C#Cc1ccccc1C(C(=O)NC(Cc1ccccc1)C(=O)OC(C)(C)C)N(CCCCC)C(=O)C(CO)NC(=O)OC(C)(C)C. The first kappa shape index (κ1) is 37.8. The number of carbonyl (C=O) groups excluding carboxylic acids is 4. The summed E-state index contributed by atoms with van der Waals surface area (Å²) in [5.41, 5.74) is -0.164. The van der Waals surface area contributed by atoms with E-state index in [2.05, 4.69) is 16.6 Å². The molecular weight excluding hydrogens is 586 g/mol. The molecule has 0 bridgehead atoms. The smallest absolute Gasteiger partial charge is 0.408 e. The molecule has 0 saturated carbocycles. The molecule has 0 aromatic heterocycles. The van der Waals surface area contributed by atoms with Crippen LogP contribution in [0.15, 0.2) is 54.6 Å². The van der Waals surface area contributed by atoms with Crippen LogP contribution in [0, 0.1) is 12.3 Å². The van der Waals surface area contributed by atoms with Crippen molar-refractivity contribution in [2.45, 2.75) is 103 Å². The highest BCUT2D eigenvalue weighted by Crippen LogP contribution is 2.27. The Kier molecular flexibility index (Phi) is 14.3. The summed E-state index contributed by atoms with van der Waals surface area (Å²) in [6.45, 7) is 11.6. The van der Waals surface area contributed by atoms with Crippen LogP contribution in [0.2, 0.25) is 0 Å². The predicted molar refractivity (Wildman–Crippen MR) is 177 cm³/mol. The first-order valence-electron chi connectivity index (χ1n) is 15.6. The molecule has 3 unspecified atom stereocenters. The number of esters is 1. The third-order valence-electron chi connectivity index (χ3n) is 6.72. The summed E-state index contributed by atoms with van der Waals surface area (Å²) < 4.78 is 11.0. The van der Waals surface area contributed by atoms with Gasteiger partial charge in [-0.25, -0.2) is 9.59 Å². The Balaban J connectivity index is 2.63. The largest absolute Gasteiger partial charge is 0.458 e. The molecule has 0 heterocycles. The van der Waals surface area contributed by atoms with Gasteiger partial charge in [0.1, 0.15) is 29.3 Å². The molecular formula is C36H49N3O7. The fourth-order valence-corrected chi connectivity index (χ4v) is 4.72. The molecule has 2 aromatic carbocycles. The minimum Gasteiger partial charge on any atom is -0.458 e. The van der Waals surface area contributed by atoms with Gasteiger partial charge < -0.3 is 30.1 Å². The molecule has 0 saturated heterocycles. The second-order valence-corrected chi connectivity index (χ2v) is 13.0. The molecule has 3 amide bonds. The number of hydrogen-bond donors (Lipinski definition) is 3. The van der Waals surface area contributed by atoms with Gasteiger partial charge >= 0.3 is 12.1 Å². The van der Waals surface area contributed by atoms with Gasteiger partial charge in [0.2, 0.25) is 11.8 Å². The normalized spacial score (nSPS) is 13.4. The zero-order valence-electron chi connectivity index (χ0n) is 28.1. The minimum atomic E-state index is -1.42. The summed E-state index contributed by atoms with van der Waals surface area (Å²) in [7, 11) is 0. The van der Waals surface area contributed by atoms with Gasteiger partial charge in [0.05, 0.1) is 6.61 Å². The maximum absolute atomic E-state index is 14.4. The molecule has 2 rings (SSSR count). The Hall–Kier alpha value is -4.36. The van der Waals surface area contributed by atoms with Crippen LogP contribution in [0.1, 0.15) is 90.5 Å². The Morgan fingerprint density at radius 2 is 1.48 bits per heavy atom. The van der Waals surface area contributed by atoms with E-state index in [9.17, 15) is 24.3 Å². The van der Waals surface area contributed by atoms with Crippen molar-refractivity contribution in [2.24, 2.45) is 0 Å². The summed E-state index contributed by atoms with van der Waals surface area (Å²) in [6, 6.07) is 12.1. The highest BCUT2D eigenvalue weighted by Gasteiger charge is 2.38.